The molecule has 5 nitrogen and oxygen atoms in total. The molecule has 0 radical (unpaired) electrons. The molecule has 1 aromatic heterocycles. The molecule has 23 heavy (non-hydrogen) atoms. The molecule has 0 amide bonds. The van der Waals surface area contributed by atoms with Gasteiger partial charge < -0.3 is 19.9 Å². The average Bonchev–Trinajstić information content (AvgIpc) is 2.88. The number of nitrogens with zero attached hydrogens (tertiary/aromatic N) is 2. The van der Waals surface area contributed by atoms with Gasteiger partial charge in [-0.2, -0.15) is 0 Å². The Morgan fingerprint density at radius 1 is 1.39 bits per heavy atom. The smallest absolute Gasteiger partial charge is 0.191 e. The molecule has 0 spiro atoms. The van der Waals surface area contributed by atoms with Crippen LogP contribution in [0.2, 0.25) is 0 Å². The van der Waals surface area contributed by atoms with Gasteiger partial charge in [0.15, 0.2) is 5.96 Å². The minimum atomic E-state index is 0. The van der Waals surface area contributed by atoms with Gasteiger partial charge in [0.25, 0.3) is 0 Å². The second kappa shape index (κ2) is 10.2. The molecular weight excluding hydrogens is 403 g/mol. The van der Waals surface area contributed by atoms with Crippen LogP contribution < -0.4 is 10.6 Å². The van der Waals surface area contributed by atoms with E-state index < -0.39 is 0 Å². The minimum absolute atomic E-state index is 0. The molecule has 2 N–H and O–H groups in total. The van der Waals surface area contributed by atoms with Crippen LogP contribution in [0.5, 0.6) is 0 Å². The molecule has 0 unspecified atom stereocenters. The summed E-state index contributed by atoms with van der Waals surface area (Å²) < 4.78 is 7.31. The van der Waals surface area contributed by atoms with E-state index in [0.717, 1.165) is 32.1 Å². The van der Waals surface area contributed by atoms with Gasteiger partial charge in [0, 0.05) is 46.2 Å². The first-order valence-electron chi connectivity index (χ1n) is 8.29. The highest BCUT2D eigenvalue weighted by molar-refractivity contribution is 14.0. The molecule has 1 fully saturated rings. The quantitative estimate of drug-likeness (QED) is 0.376. The van der Waals surface area contributed by atoms with Crippen LogP contribution in [0.1, 0.15) is 38.2 Å². The Hall–Kier alpha value is -0.760. The topological polar surface area (TPSA) is 50.6 Å². The zero-order chi connectivity index (χ0) is 15.8. The molecule has 132 valence electrons. The van der Waals surface area contributed by atoms with E-state index >= 15 is 0 Å². The van der Waals surface area contributed by atoms with Gasteiger partial charge in [0.1, 0.15) is 0 Å². The van der Waals surface area contributed by atoms with E-state index in [1.165, 1.54) is 24.8 Å². The van der Waals surface area contributed by atoms with E-state index in [2.05, 4.69) is 45.6 Å². The lowest BCUT2D eigenvalue weighted by atomic mass is 9.67. The lowest BCUT2D eigenvalue weighted by Gasteiger charge is -2.42. The normalized spacial score (nSPS) is 16.4. The molecule has 1 aliphatic carbocycles. The van der Waals surface area contributed by atoms with E-state index in [-0.39, 0.29) is 24.0 Å². The maximum absolute atomic E-state index is 5.26. The van der Waals surface area contributed by atoms with Crippen molar-refractivity contribution in [1.82, 2.24) is 15.2 Å². The highest BCUT2D eigenvalue weighted by Crippen LogP contribution is 2.43. The first-order chi connectivity index (χ1) is 10.7. The SMILES string of the molecule is CCNC(=NCc1ccn(C)c1)NCC1(CCOC)CCC1.I. The zero-order valence-electron chi connectivity index (χ0n) is 14.6. The van der Waals surface area contributed by atoms with Crippen LogP contribution in [0.3, 0.4) is 0 Å². The third-order valence-electron chi connectivity index (χ3n) is 4.54. The maximum Gasteiger partial charge on any atom is 0.191 e. The molecular formula is C17H31IN4O. The van der Waals surface area contributed by atoms with Crippen molar-refractivity contribution in [2.45, 2.75) is 39.2 Å². The number of aromatic nitrogens is 1. The van der Waals surface area contributed by atoms with E-state index in [1.807, 2.05) is 7.05 Å². The molecule has 0 bridgehead atoms. The zero-order valence-corrected chi connectivity index (χ0v) is 16.9. The average molecular weight is 434 g/mol. The van der Waals surface area contributed by atoms with Crippen molar-refractivity contribution in [3.05, 3.63) is 24.0 Å². The molecule has 1 heterocycles. The van der Waals surface area contributed by atoms with Gasteiger partial charge in [-0.1, -0.05) is 6.42 Å². The lowest BCUT2D eigenvalue weighted by molar-refractivity contribution is 0.0732. The Kier molecular flexibility index (Phi) is 8.98. The van der Waals surface area contributed by atoms with Gasteiger partial charge in [-0.25, -0.2) is 4.99 Å². The number of aryl methyl sites for hydroxylation is 1. The first-order valence-corrected chi connectivity index (χ1v) is 8.29. The Labute approximate surface area is 157 Å². The number of methoxy groups -OCH3 is 1. The van der Waals surface area contributed by atoms with Crippen molar-refractivity contribution in [3.63, 3.8) is 0 Å². The largest absolute Gasteiger partial charge is 0.385 e. The molecule has 2 rings (SSSR count). The standard InChI is InChI=1S/C17H30N4O.HI/c1-4-18-16(19-12-15-6-10-21(2)13-15)20-14-17(7-5-8-17)9-11-22-3;/h6,10,13H,4-5,7-9,11-12,14H2,1-3H3,(H2,18,19,20);1H. The van der Waals surface area contributed by atoms with Crippen LogP contribution in [0.4, 0.5) is 0 Å². The van der Waals surface area contributed by atoms with E-state index in [0.29, 0.717) is 12.0 Å². The third kappa shape index (κ3) is 6.33. The van der Waals surface area contributed by atoms with Gasteiger partial charge >= 0.3 is 0 Å². The first kappa shape index (κ1) is 20.3. The van der Waals surface area contributed by atoms with Crippen molar-refractivity contribution < 1.29 is 4.74 Å². The van der Waals surface area contributed by atoms with Crippen molar-refractivity contribution in [2.24, 2.45) is 17.5 Å². The summed E-state index contributed by atoms with van der Waals surface area (Å²) in [5.41, 5.74) is 1.64. The molecule has 0 aliphatic heterocycles. The van der Waals surface area contributed by atoms with Crippen LogP contribution in [-0.2, 0) is 18.3 Å². The molecule has 6 heteroatoms. The summed E-state index contributed by atoms with van der Waals surface area (Å²) in [6, 6.07) is 2.11. The number of aliphatic imine (C=N–C) groups is 1. The number of guanidine groups is 1. The molecule has 0 atom stereocenters. The lowest BCUT2D eigenvalue weighted by Crippen LogP contribution is -2.46. The highest BCUT2D eigenvalue weighted by Gasteiger charge is 2.36. The Bertz CT molecular complexity index is 483. The molecule has 1 saturated carbocycles. The van der Waals surface area contributed by atoms with Gasteiger partial charge in [0.2, 0.25) is 0 Å². The van der Waals surface area contributed by atoms with Crippen molar-refractivity contribution in [1.29, 1.82) is 0 Å². The summed E-state index contributed by atoms with van der Waals surface area (Å²) in [7, 11) is 3.82. The van der Waals surface area contributed by atoms with E-state index in [9.17, 15) is 0 Å². The minimum Gasteiger partial charge on any atom is -0.385 e. The van der Waals surface area contributed by atoms with Crippen LogP contribution in [0.25, 0.3) is 0 Å². The second-order valence-electron chi connectivity index (χ2n) is 6.33. The summed E-state index contributed by atoms with van der Waals surface area (Å²) in [4.78, 5) is 4.69. The molecule has 0 saturated heterocycles. The van der Waals surface area contributed by atoms with Crippen LogP contribution in [-0.4, -0.2) is 37.3 Å². The summed E-state index contributed by atoms with van der Waals surface area (Å²) in [6.07, 6.45) is 9.22. The Balaban J connectivity index is 0.00000264. The molecule has 1 aliphatic rings. The Morgan fingerprint density at radius 3 is 2.70 bits per heavy atom. The van der Waals surface area contributed by atoms with Crippen molar-refractivity contribution in [3.8, 4) is 0 Å². The van der Waals surface area contributed by atoms with Gasteiger partial charge in [-0.15, -0.1) is 24.0 Å². The Morgan fingerprint density at radius 2 is 2.17 bits per heavy atom. The summed E-state index contributed by atoms with van der Waals surface area (Å²) in [5, 5.41) is 6.86. The molecule has 1 aromatic rings. The predicted molar refractivity (Wildman–Crippen MR) is 106 cm³/mol. The number of ether oxygens (including phenoxy) is 1. The fourth-order valence-electron chi connectivity index (χ4n) is 2.95. The number of nitrogens with one attached hydrogen (secondary N) is 2. The fourth-order valence-corrected chi connectivity index (χ4v) is 2.95. The van der Waals surface area contributed by atoms with Crippen LogP contribution in [0.15, 0.2) is 23.5 Å². The highest BCUT2D eigenvalue weighted by atomic mass is 127. The van der Waals surface area contributed by atoms with E-state index in [4.69, 9.17) is 4.74 Å². The van der Waals surface area contributed by atoms with Crippen molar-refractivity contribution in [2.75, 3.05) is 26.8 Å². The summed E-state index contributed by atoms with van der Waals surface area (Å²) in [6.45, 7) is 5.52. The van der Waals surface area contributed by atoms with Gasteiger partial charge in [-0.05, 0) is 43.2 Å². The second-order valence-corrected chi connectivity index (χ2v) is 6.33. The van der Waals surface area contributed by atoms with Crippen LogP contribution in [0, 0.1) is 5.41 Å². The number of rotatable bonds is 8. The summed E-state index contributed by atoms with van der Waals surface area (Å²) in [5.74, 6) is 0.912. The monoisotopic (exact) mass is 434 g/mol. The third-order valence-corrected chi connectivity index (χ3v) is 4.54. The number of hydrogen-bond donors (Lipinski definition) is 2. The number of halogens is 1. The van der Waals surface area contributed by atoms with Crippen molar-refractivity contribution >= 4 is 29.9 Å². The predicted octanol–water partition coefficient (Wildman–Crippen LogP) is 2.91. The fraction of sp³-hybridized carbons (Fsp3) is 0.706. The van der Waals surface area contributed by atoms with Gasteiger partial charge in [0.05, 0.1) is 6.54 Å². The molecule has 0 aromatic carbocycles. The number of hydrogen-bond acceptors (Lipinski definition) is 2. The summed E-state index contributed by atoms with van der Waals surface area (Å²) >= 11 is 0. The van der Waals surface area contributed by atoms with E-state index in [1.54, 1.807) is 7.11 Å². The maximum atomic E-state index is 5.26. The van der Waals surface area contributed by atoms with Gasteiger partial charge in [-0.3, -0.25) is 0 Å². The van der Waals surface area contributed by atoms with Crippen LogP contribution >= 0.6 is 24.0 Å².